The van der Waals surface area contributed by atoms with E-state index in [1.54, 1.807) is 0 Å². The first-order chi connectivity index (χ1) is 13.0. The van der Waals surface area contributed by atoms with Crippen molar-refractivity contribution in [1.82, 2.24) is 25.2 Å². The first kappa shape index (κ1) is 19.0. The molecule has 0 bridgehead atoms. The second-order valence-corrected chi connectivity index (χ2v) is 6.80. The molecule has 0 spiro atoms. The molecule has 8 nitrogen and oxygen atoms in total. The van der Waals surface area contributed by atoms with Crippen molar-refractivity contribution in [2.24, 2.45) is 0 Å². The minimum atomic E-state index is -0.0204. The third kappa shape index (κ3) is 5.13. The van der Waals surface area contributed by atoms with Gasteiger partial charge in [0.15, 0.2) is 5.82 Å². The van der Waals surface area contributed by atoms with Crippen LogP contribution < -0.4 is 16.4 Å². The lowest BCUT2D eigenvalue weighted by atomic mass is 10.0. The van der Waals surface area contributed by atoms with Crippen molar-refractivity contribution in [3.8, 4) is 0 Å². The highest BCUT2D eigenvalue weighted by molar-refractivity contribution is 5.75. The van der Waals surface area contributed by atoms with E-state index in [1.165, 1.54) is 0 Å². The summed E-state index contributed by atoms with van der Waals surface area (Å²) in [5.41, 5.74) is 6.80. The van der Waals surface area contributed by atoms with Crippen molar-refractivity contribution in [1.29, 1.82) is 0 Å². The van der Waals surface area contributed by atoms with Crippen LogP contribution >= 0.6 is 0 Å². The monoisotopic (exact) mass is 369 g/mol. The summed E-state index contributed by atoms with van der Waals surface area (Å²) in [6.45, 7) is 5.64. The van der Waals surface area contributed by atoms with E-state index in [4.69, 9.17) is 5.73 Å². The van der Waals surface area contributed by atoms with E-state index >= 15 is 0 Å². The summed E-state index contributed by atoms with van der Waals surface area (Å²) in [5, 5.41) is 6.26. The van der Waals surface area contributed by atoms with Crippen LogP contribution in [0, 0.1) is 0 Å². The predicted octanol–water partition coefficient (Wildman–Crippen LogP) is 2.25. The van der Waals surface area contributed by atoms with Gasteiger partial charge in [0.2, 0.25) is 17.8 Å². The molecule has 3 rings (SSSR count). The van der Waals surface area contributed by atoms with Gasteiger partial charge in [-0.05, 0) is 38.4 Å². The van der Waals surface area contributed by atoms with Gasteiger partial charge in [0.1, 0.15) is 0 Å². The first-order valence-corrected chi connectivity index (χ1v) is 9.42. The maximum atomic E-state index is 11.7. The van der Waals surface area contributed by atoms with Crippen LogP contribution in [0.1, 0.15) is 45.0 Å². The molecule has 2 unspecified atom stereocenters. The molecule has 2 aromatic rings. The van der Waals surface area contributed by atoms with Crippen molar-refractivity contribution in [3.05, 3.63) is 36.2 Å². The number of hydrogen-bond acceptors (Lipinski definition) is 7. The molecular weight excluding hydrogens is 342 g/mol. The van der Waals surface area contributed by atoms with Gasteiger partial charge in [-0.3, -0.25) is 9.69 Å². The molecule has 144 valence electrons. The number of nitrogens with two attached hydrogens (primary N) is 1. The highest BCUT2D eigenvalue weighted by Crippen LogP contribution is 2.23. The third-order valence-corrected chi connectivity index (χ3v) is 4.76. The van der Waals surface area contributed by atoms with E-state index in [2.05, 4.69) is 37.4 Å². The Morgan fingerprint density at radius 1 is 1.30 bits per heavy atom. The summed E-state index contributed by atoms with van der Waals surface area (Å²) in [6.07, 6.45) is 2.52. The van der Waals surface area contributed by atoms with E-state index in [0.29, 0.717) is 18.2 Å². The van der Waals surface area contributed by atoms with Crippen LogP contribution in [-0.2, 0) is 4.79 Å². The minimum absolute atomic E-state index is 0.0204. The molecule has 0 aliphatic carbocycles. The van der Waals surface area contributed by atoms with Crippen molar-refractivity contribution in [2.75, 3.05) is 24.1 Å². The van der Waals surface area contributed by atoms with Gasteiger partial charge in [-0.2, -0.15) is 15.0 Å². The molecule has 2 atom stereocenters. The number of nitrogen functional groups attached to an aromatic ring is 1. The number of benzene rings is 1. The third-order valence-electron chi connectivity index (χ3n) is 4.76. The number of nitrogens with zero attached hydrogens (tertiary/aromatic N) is 4. The van der Waals surface area contributed by atoms with Crippen LogP contribution in [0.25, 0.3) is 0 Å². The molecule has 1 saturated heterocycles. The van der Waals surface area contributed by atoms with Gasteiger partial charge in [0, 0.05) is 24.7 Å². The highest BCUT2D eigenvalue weighted by atomic mass is 16.1. The van der Waals surface area contributed by atoms with Crippen LogP contribution in [0.5, 0.6) is 0 Å². The largest absolute Gasteiger partial charge is 0.368 e. The zero-order chi connectivity index (χ0) is 19.2. The molecule has 1 aromatic carbocycles. The minimum Gasteiger partial charge on any atom is -0.368 e. The van der Waals surface area contributed by atoms with Crippen LogP contribution in [0.2, 0.25) is 0 Å². The summed E-state index contributed by atoms with van der Waals surface area (Å²) in [5.74, 6) is 1.35. The van der Waals surface area contributed by atoms with Crippen molar-refractivity contribution >= 4 is 23.5 Å². The van der Waals surface area contributed by atoms with Crippen LogP contribution in [0.3, 0.4) is 0 Å². The number of anilines is 3. The number of nitrogens with one attached hydrogen (secondary N) is 2. The Labute approximate surface area is 159 Å². The van der Waals surface area contributed by atoms with Crippen molar-refractivity contribution in [3.63, 3.8) is 0 Å². The number of amides is 1. The number of hydrogen-bond donors (Lipinski definition) is 3. The zero-order valence-corrected chi connectivity index (χ0v) is 15.9. The van der Waals surface area contributed by atoms with Crippen LogP contribution in [0.4, 0.5) is 17.6 Å². The fourth-order valence-corrected chi connectivity index (χ4v) is 3.27. The molecule has 27 heavy (non-hydrogen) atoms. The van der Waals surface area contributed by atoms with Crippen LogP contribution in [0.15, 0.2) is 30.3 Å². The molecule has 8 heteroatoms. The van der Waals surface area contributed by atoms with Gasteiger partial charge in [-0.15, -0.1) is 0 Å². The Bertz CT molecular complexity index is 768. The second-order valence-electron chi connectivity index (χ2n) is 6.80. The summed E-state index contributed by atoms with van der Waals surface area (Å²) in [6, 6.07) is 9.85. The Morgan fingerprint density at radius 2 is 2.07 bits per heavy atom. The molecule has 1 aliphatic heterocycles. The Kier molecular flexibility index (Phi) is 6.18. The molecule has 0 saturated carbocycles. The zero-order valence-electron chi connectivity index (χ0n) is 15.9. The van der Waals surface area contributed by atoms with E-state index < -0.39 is 0 Å². The van der Waals surface area contributed by atoms with E-state index in [9.17, 15) is 4.79 Å². The number of para-hydroxylation sites is 1. The average Bonchev–Trinajstić information content (AvgIpc) is 2.68. The standard InChI is InChI=1S/C19H27N7O/c1-3-16(27)21-15-10-7-11-26(12-15)13(2)17-23-18(20)25-19(24-17)22-14-8-5-4-6-9-14/h4-6,8-9,13,15H,3,7,10-12H2,1-2H3,(H,21,27)(H3,20,22,23,24,25). The lowest BCUT2D eigenvalue weighted by Crippen LogP contribution is -2.48. The molecule has 1 aromatic heterocycles. The van der Waals surface area contributed by atoms with Crippen LogP contribution in [-0.4, -0.2) is 44.9 Å². The SMILES string of the molecule is CCC(=O)NC1CCCN(C(C)c2nc(N)nc(Nc3ccccc3)n2)C1. The quantitative estimate of drug-likeness (QED) is 0.716. The maximum absolute atomic E-state index is 11.7. The number of piperidine rings is 1. The lowest BCUT2D eigenvalue weighted by molar-refractivity contribution is -0.121. The fraction of sp³-hybridized carbons (Fsp3) is 0.474. The normalized spacial score (nSPS) is 18.7. The summed E-state index contributed by atoms with van der Waals surface area (Å²) >= 11 is 0. The molecule has 1 fully saturated rings. The van der Waals surface area contributed by atoms with Crippen molar-refractivity contribution in [2.45, 2.75) is 45.2 Å². The number of carbonyl (C=O) groups is 1. The van der Waals surface area contributed by atoms with Gasteiger partial charge in [0.05, 0.1) is 6.04 Å². The molecule has 2 heterocycles. The molecule has 4 N–H and O–H groups in total. The maximum Gasteiger partial charge on any atom is 0.232 e. The Hall–Kier alpha value is -2.74. The topological polar surface area (TPSA) is 109 Å². The summed E-state index contributed by atoms with van der Waals surface area (Å²) in [7, 11) is 0. The summed E-state index contributed by atoms with van der Waals surface area (Å²) in [4.78, 5) is 27.1. The Balaban J connectivity index is 1.72. The van der Waals surface area contributed by atoms with Gasteiger partial charge < -0.3 is 16.4 Å². The fourth-order valence-electron chi connectivity index (χ4n) is 3.27. The first-order valence-electron chi connectivity index (χ1n) is 9.42. The van der Waals surface area contributed by atoms with Crippen molar-refractivity contribution < 1.29 is 4.79 Å². The van der Waals surface area contributed by atoms with Gasteiger partial charge in [-0.1, -0.05) is 25.1 Å². The van der Waals surface area contributed by atoms with E-state index in [-0.39, 0.29) is 23.9 Å². The predicted molar refractivity (Wildman–Crippen MR) is 105 cm³/mol. The molecular formula is C19H27N7O. The van der Waals surface area contributed by atoms with Gasteiger partial charge >= 0.3 is 0 Å². The summed E-state index contributed by atoms with van der Waals surface area (Å²) < 4.78 is 0. The van der Waals surface area contributed by atoms with E-state index in [0.717, 1.165) is 31.6 Å². The number of likely N-dealkylation sites (tertiary alicyclic amines) is 1. The smallest absolute Gasteiger partial charge is 0.232 e. The van der Waals surface area contributed by atoms with E-state index in [1.807, 2.05) is 37.3 Å². The Morgan fingerprint density at radius 3 is 2.81 bits per heavy atom. The molecule has 1 amide bonds. The van der Waals surface area contributed by atoms with Gasteiger partial charge in [-0.25, -0.2) is 0 Å². The lowest BCUT2D eigenvalue weighted by Gasteiger charge is -2.36. The highest BCUT2D eigenvalue weighted by Gasteiger charge is 2.27. The molecule has 1 aliphatic rings. The number of aromatic nitrogens is 3. The second kappa shape index (κ2) is 8.77. The van der Waals surface area contributed by atoms with Gasteiger partial charge in [0.25, 0.3) is 0 Å². The average molecular weight is 369 g/mol. The number of carbonyl (C=O) groups excluding carboxylic acids is 1. The molecule has 0 radical (unpaired) electrons. The number of rotatable bonds is 6.